The van der Waals surface area contributed by atoms with Crippen LogP contribution in [-0.4, -0.2) is 15.9 Å². The first-order valence-corrected chi connectivity index (χ1v) is 10.3. The molecule has 4 aromatic rings. The summed E-state index contributed by atoms with van der Waals surface area (Å²) >= 11 is 3.19. The lowest BCUT2D eigenvalue weighted by molar-refractivity contribution is -0.115. The Hall–Kier alpha value is -2.83. The summed E-state index contributed by atoms with van der Waals surface area (Å²) in [5, 5.41) is 8.84. The van der Waals surface area contributed by atoms with Crippen molar-refractivity contribution in [3.05, 3.63) is 87.8 Å². The first-order valence-electron chi connectivity index (χ1n) is 8.53. The molecule has 0 bridgehead atoms. The molecule has 2 heterocycles. The van der Waals surface area contributed by atoms with Gasteiger partial charge in [0, 0.05) is 34.6 Å². The number of amides is 1. The van der Waals surface area contributed by atoms with Crippen molar-refractivity contribution in [3.63, 3.8) is 0 Å². The summed E-state index contributed by atoms with van der Waals surface area (Å²) in [6.45, 7) is 0. The van der Waals surface area contributed by atoms with Crippen LogP contribution < -0.4 is 5.32 Å². The Balaban J connectivity index is 1.34. The molecular formula is C21H17N3OS2. The monoisotopic (exact) mass is 391 g/mol. The minimum Gasteiger partial charge on any atom is -0.326 e. The Labute approximate surface area is 165 Å². The zero-order valence-corrected chi connectivity index (χ0v) is 16.1. The first kappa shape index (κ1) is 17.6. The summed E-state index contributed by atoms with van der Waals surface area (Å²) in [5.74, 6) is -0.0615. The molecule has 134 valence electrons. The maximum Gasteiger partial charge on any atom is 0.230 e. The quantitative estimate of drug-likeness (QED) is 0.501. The first-order chi connectivity index (χ1) is 13.3. The molecular weight excluding hydrogens is 374 g/mol. The fraction of sp³-hybridized carbons (Fsp3) is 0.0952. The molecule has 0 aliphatic carbocycles. The number of aromatic nitrogens is 2. The van der Waals surface area contributed by atoms with Crippen LogP contribution in [0, 0.1) is 0 Å². The van der Waals surface area contributed by atoms with Gasteiger partial charge in [-0.1, -0.05) is 30.3 Å². The lowest BCUT2D eigenvalue weighted by Crippen LogP contribution is -2.14. The maximum atomic E-state index is 12.3. The molecule has 27 heavy (non-hydrogen) atoms. The van der Waals surface area contributed by atoms with Crippen LogP contribution in [0.15, 0.2) is 71.6 Å². The van der Waals surface area contributed by atoms with E-state index in [1.165, 1.54) is 5.56 Å². The fourth-order valence-electron chi connectivity index (χ4n) is 2.71. The molecule has 0 atom stereocenters. The molecule has 0 aliphatic rings. The molecule has 1 N–H and O–H groups in total. The van der Waals surface area contributed by atoms with Crippen molar-refractivity contribution < 1.29 is 4.79 Å². The topological polar surface area (TPSA) is 54.9 Å². The van der Waals surface area contributed by atoms with E-state index in [1.807, 2.05) is 53.2 Å². The Morgan fingerprint density at radius 2 is 1.81 bits per heavy atom. The van der Waals surface area contributed by atoms with Crippen molar-refractivity contribution >= 4 is 34.3 Å². The Morgan fingerprint density at radius 3 is 2.56 bits per heavy atom. The number of rotatable bonds is 6. The van der Waals surface area contributed by atoms with Crippen molar-refractivity contribution in [2.45, 2.75) is 12.8 Å². The molecule has 0 unspecified atom stereocenters. The molecule has 2 aromatic heterocycles. The summed E-state index contributed by atoms with van der Waals surface area (Å²) in [7, 11) is 0. The van der Waals surface area contributed by atoms with Crippen molar-refractivity contribution in [2.75, 3.05) is 5.32 Å². The lowest BCUT2D eigenvalue weighted by atomic mass is 10.2. The summed E-state index contributed by atoms with van der Waals surface area (Å²) in [6, 6.07) is 18.0. The van der Waals surface area contributed by atoms with Crippen molar-refractivity contribution in [2.24, 2.45) is 0 Å². The molecule has 6 heteroatoms. The molecule has 4 rings (SSSR count). The van der Waals surface area contributed by atoms with Gasteiger partial charge < -0.3 is 5.32 Å². The molecule has 2 aromatic carbocycles. The van der Waals surface area contributed by atoms with Gasteiger partial charge in [0.05, 0.1) is 17.1 Å². The van der Waals surface area contributed by atoms with Crippen molar-refractivity contribution in [1.29, 1.82) is 0 Å². The average Bonchev–Trinajstić information content (AvgIpc) is 3.36. The van der Waals surface area contributed by atoms with Gasteiger partial charge in [-0.2, -0.15) is 0 Å². The van der Waals surface area contributed by atoms with Crippen LogP contribution >= 0.6 is 22.7 Å². The lowest BCUT2D eigenvalue weighted by Gasteiger charge is -2.05. The zero-order valence-electron chi connectivity index (χ0n) is 14.5. The van der Waals surface area contributed by atoms with Crippen LogP contribution in [-0.2, 0) is 17.6 Å². The number of thiazole rings is 2. The third kappa shape index (κ3) is 4.67. The van der Waals surface area contributed by atoms with Gasteiger partial charge >= 0.3 is 0 Å². The number of carbonyl (C=O) groups is 1. The van der Waals surface area contributed by atoms with Gasteiger partial charge in [0.25, 0.3) is 0 Å². The Bertz CT molecular complexity index is 1010. The van der Waals surface area contributed by atoms with E-state index in [0.29, 0.717) is 0 Å². The second-order valence-electron chi connectivity index (χ2n) is 6.03. The van der Waals surface area contributed by atoms with E-state index in [-0.39, 0.29) is 12.3 Å². The van der Waals surface area contributed by atoms with Gasteiger partial charge in [-0.15, -0.1) is 22.7 Å². The standard InChI is InChI=1S/C21H17N3OS2/c25-19(23-17-8-6-16(7-9-17)21-22-10-11-26-21)13-18-14-27-20(24-18)12-15-4-2-1-3-5-15/h1-11,14H,12-13H2,(H,23,25). The van der Waals surface area contributed by atoms with Crippen molar-refractivity contribution in [3.8, 4) is 10.6 Å². The van der Waals surface area contributed by atoms with Gasteiger partial charge in [-0.05, 0) is 29.8 Å². The van der Waals surface area contributed by atoms with Crippen LogP contribution in [0.25, 0.3) is 10.6 Å². The van der Waals surface area contributed by atoms with E-state index in [4.69, 9.17) is 0 Å². The molecule has 0 spiro atoms. The normalized spacial score (nSPS) is 10.7. The minimum atomic E-state index is -0.0615. The fourth-order valence-corrected chi connectivity index (χ4v) is 4.19. The predicted octanol–water partition coefficient (Wildman–Crippen LogP) is 5.04. The highest BCUT2D eigenvalue weighted by Crippen LogP contribution is 2.23. The SMILES string of the molecule is O=C(Cc1csc(Cc2ccccc2)n1)Nc1ccc(-c2nccs2)cc1. The number of benzene rings is 2. The molecule has 0 saturated carbocycles. The molecule has 0 saturated heterocycles. The van der Waals surface area contributed by atoms with Crippen LogP contribution in [0.1, 0.15) is 16.3 Å². The number of carbonyl (C=O) groups excluding carboxylic acids is 1. The van der Waals surface area contributed by atoms with Gasteiger partial charge in [0.15, 0.2) is 0 Å². The van der Waals surface area contributed by atoms with E-state index < -0.39 is 0 Å². The smallest absolute Gasteiger partial charge is 0.230 e. The van der Waals surface area contributed by atoms with Gasteiger partial charge in [-0.3, -0.25) is 4.79 Å². The third-order valence-corrected chi connectivity index (χ3v) is 5.71. The highest BCUT2D eigenvalue weighted by Gasteiger charge is 2.09. The zero-order chi connectivity index (χ0) is 18.5. The molecule has 1 amide bonds. The molecule has 0 aliphatic heterocycles. The Morgan fingerprint density at radius 1 is 1.00 bits per heavy atom. The van der Waals surface area contributed by atoms with Crippen LogP contribution in [0.4, 0.5) is 5.69 Å². The van der Waals surface area contributed by atoms with Crippen LogP contribution in [0.2, 0.25) is 0 Å². The van der Waals surface area contributed by atoms with Crippen molar-refractivity contribution in [1.82, 2.24) is 9.97 Å². The van der Waals surface area contributed by atoms with E-state index >= 15 is 0 Å². The number of nitrogens with one attached hydrogen (secondary N) is 1. The second kappa shape index (κ2) is 8.24. The Kier molecular flexibility index (Phi) is 5.37. The van der Waals surface area contributed by atoms with Gasteiger partial charge in [0.2, 0.25) is 5.91 Å². The average molecular weight is 392 g/mol. The molecule has 4 nitrogen and oxygen atoms in total. The number of nitrogens with zero attached hydrogens (tertiary/aromatic N) is 2. The van der Waals surface area contributed by atoms with E-state index in [0.717, 1.165) is 33.4 Å². The summed E-state index contributed by atoms with van der Waals surface area (Å²) in [5.41, 5.74) is 3.86. The molecule has 0 radical (unpaired) electrons. The summed E-state index contributed by atoms with van der Waals surface area (Å²) < 4.78 is 0. The number of hydrogen-bond donors (Lipinski definition) is 1. The summed E-state index contributed by atoms with van der Waals surface area (Å²) in [6.07, 6.45) is 2.86. The van der Waals surface area contributed by atoms with Gasteiger partial charge in [-0.25, -0.2) is 9.97 Å². The second-order valence-corrected chi connectivity index (χ2v) is 7.87. The van der Waals surface area contributed by atoms with E-state index in [9.17, 15) is 4.79 Å². The number of anilines is 1. The van der Waals surface area contributed by atoms with E-state index in [2.05, 4.69) is 27.4 Å². The van der Waals surface area contributed by atoms with Crippen LogP contribution in [0.5, 0.6) is 0 Å². The third-order valence-electron chi connectivity index (χ3n) is 3.99. The highest BCUT2D eigenvalue weighted by atomic mass is 32.1. The van der Waals surface area contributed by atoms with Crippen LogP contribution in [0.3, 0.4) is 0 Å². The van der Waals surface area contributed by atoms with Gasteiger partial charge in [0.1, 0.15) is 5.01 Å². The molecule has 0 fully saturated rings. The minimum absolute atomic E-state index is 0.0615. The summed E-state index contributed by atoms with van der Waals surface area (Å²) in [4.78, 5) is 21.2. The maximum absolute atomic E-state index is 12.3. The predicted molar refractivity (Wildman–Crippen MR) is 111 cm³/mol. The largest absolute Gasteiger partial charge is 0.326 e. The van der Waals surface area contributed by atoms with E-state index in [1.54, 1.807) is 28.9 Å². The highest BCUT2D eigenvalue weighted by molar-refractivity contribution is 7.13. The number of hydrogen-bond acceptors (Lipinski definition) is 5.